The number of nitrogens with zero attached hydrogens (tertiary/aromatic N) is 2. The summed E-state index contributed by atoms with van der Waals surface area (Å²) < 4.78 is 1.61. The SMILES string of the molecule is CCCn1c(S[C@H]2CCCC2=O)n[nH]c1=O. The second kappa shape index (κ2) is 4.86. The lowest BCUT2D eigenvalue weighted by Gasteiger charge is -2.07. The number of thioether (sulfide) groups is 1. The Morgan fingerprint density at radius 2 is 2.38 bits per heavy atom. The number of aromatic amines is 1. The zero-order valence-corrected chi connectivity index (χ0v) is 10.0. The van der Waals surface area contributed by atoms with Crippen molar-refractivity contribution in [3.8, 4) is 0 Å². The van der Waals surface area contributed by atoms with Crippen molar-refractivity contribution in [3.63, 3.8) is 0 Å². The van der Waals surface area contributed by atoms with Gasteiger partial charge in [0.25, 0.3) is 0 Å². The van der Waals surface area contributed by atoms with E-state index in [0.717, 1.165) is 19.3 Å². The van der Waals surface area contributed by atoms with E-state index in [-0.39, 0.29) is 16.7 Å². The van der Waals surface area contributed by atoms with E-state index in [1.165, 1.54) is 11.8 Å². The number of aromatic nitrogens is 3. The van der Waals surface area contributed by atoms with E-state index >= 15 is 0 Å². The van der Waals surface area contributed by atoms with Crippen molar-refractivity contribution in [2.45, 2.75) is 49.6 Å². The fraction of sp³-hybridized carbons (Fsp3) is 0.700. The number of nitrogens with one attached hydrogen (secondary N) is 1. The zero-order chi connectivity index (χ0) is 11.5. The third kappa shape index (κ3) is 2.21. The summed E-state index contributed by atoms with van der Waals surface area (Å²) in [6.07, 6.45) is 3.40. The van der Waals surface area contributed by atoms with Gasteiger partial charge in [-0.25, -0.2) is 9.89 Å². The van der Waals surface area contributed by atoms with Crippen molar-refractivity contribution in [3.05, 3.63) is 10.5 Å². The summed E-state index contributed by atoms with van der Waals surface area (Å²) in [6, 6.07) is 0. The lowest BCUT2D eigenvalue weighted by atomic mass is 10.3. The van der Waals surface area contributed by atoms with Gasteiger partial charge in [-0.05, 0) is 19.3 Å². The summed E-state index contributed by atoms with van der Waals surface area (Å²) in [5.74, 6) is 0.281. The number of ketones is 1. The molecule has 1 atom stereocenters. The van der Waals surface area contributed by atoms with Crippen LogP contribution in [0.15, 0.2) is 9.95 Å². The molecule has 1 aromatic rings. The largest absolute Gasteiger partial charge is 0.343 e. The minimum atomic E-state index is -0.185. The Kier molecular flexibility index (Phi) is 3.48. The lowest BCUT2D eigenvalue weighted by Crippen LogP contribution is -2.18. The zero-order valence-electron chi connectivity index (χ0n) is 9.23. The first kappa shape index (κ1) is 11.4. The van der Waals surface area contributed by atoms with Crippen molar-refractivity contribution < 1.29 is 4.79 Å². The summed E-state index contributed by atoms with van der Waals surface area (Å²) in [5, 5.41) is 7.04. The maximum absolute atomic E-state index is 11.5. The molecule has 0 bridgehead atoms. The molecule has 1 N–H and O–H groups in total. The number of carbonyl (C=O) groups is 1. The number of hydrogen-bond acceptors (Lipinski definition) is 4. The second-order valence-corrected chi connectivity index (χ2v) is 5.10. The first-order chi connectivity index (χ1) is 7.72. The molecule has 0 unspecified atom stereocenters. The van der Waals surface area contributed by atoms with Gasteiger partial charge < -0.3 is 0 Å². The number of carbonyl (C=O) groups excluding carboxylic acids is 1. The van der Waals surface area contributed by atoms with Crippen LogP contribution in [0.25, 0.3) is 0 Å². The third-order valence-corrected chi connectivity index (χ3v) is 3.97. The first-order valence-electron chi connectivity index (χ1n) is 5.57. The summed E-state index contributed by atoms with van der Waals surface area (Å²) in [6.45, 7) is 2.66. The highest BCUT2D eigenvalue weighted by atomic mass is 32.2. The molecule has 1 aliphatic rings. The molecule has 1 heterocycles. The molecule has 1 saturated carbocycles. The van der Waals surface area contributed by atoms with Crippen LogP contribution in [-0.2, 0) is 11.3 Å². The van der Waals surface area contributed by atoms with Gasteiger partial charge in [-0.1, -0.05) is 18.7 Å². The second-order valence-electron chi connectivity index (χ2n) is 3.93. The van der Waals surface area contributed by atoms with Gasteiger partial charge in [-0.2, -0.15) is 0 Å². The van der Waals surface area contributed by atoms with Crippen LogP contribution < -0.4 is 5.69 Å². The number of hydrogen-bond donors (Lipinski definition) is 1. The molecular formula is C10H15N3O2S. The van der Waals surface area contributed by atoms with E-state index in [1.807, 2.05) is 6.92 Å². The monoisotopic (exact) mass is 241 g/mol. The van der Waals surface area contributed by atoms with Crippen LogP contribution in [0, 0.1) is 0 Å². The van der Waals surface area contributed by atoms with Crippen LogP contribution in [0.2, 0.25) is 0 Å². The van der Waals surface area contributed by atoms with Gasteiger partial charge in [0.05, 0.1) is 5.25 Å². The van der Waals surface area contributed by atoms with Gasteiger partial charge in [-0.3, -0.25) is 9.36 Å². The first-order valence-corrected chi connectivity index (χ1v) is 6.45. The molecule has 6 heteroatoms. The lowest BCUT2D eigenvalue weighted by molar-refractivity contribution is -0.116. The normalized spacial score (nSPS) is 20.6. The van der Waals surface area contributed by atoms with Crippen LogP contribution in [0.1, 0.15) is 32.6 Å². The summed E-state index contributed by atoms with van der Waals surface area (Å²) in [7, 11) is 0. The third-order valence-electron chi connectivity index (χ3n) is 2.67. The molecule has 0 amide bonds. The number of Topliss-reactive ketones (excluding diaryl/α,β-unsaturated/α-hetero) is 1. The molecular weight excluding hydrogens is 226 g/mol. The topological polar surface area (TPSA) is 67.8 Å². The maximum Gasteiger partial charge on any atom is 0.343 e. The number of rotatable bonds is 4. The van der Waals surface area contributed by atoms with Crippen LogP contribution in [-0.4, -0.2) is 25.8 Å². The molecule has 0 radical (unpaired) electrons. The van der Waals surface area contributed by atoms with Gasteiger partial charge in [-0.15, -0.1) is 5.10 Å². The van der Waals surface area contributed by atoms with Crippen molar-refractivity contribution in [1.82, 2.24) is 14.8 Å². The van der Waals surface area contributed by atoms with Crippen LogP contribution in [0.5, 0.6) is 0 Å². The smallest absolute Gasteiger partial charge is 0.298 e. The minimum absolute atomic E-state index is 0.00851. The highest BCUT2D eigenvalue weighted by Gasteiger charge is 2.27. The molecule has 1 aliphatic carbocycles. The van der Waals surface area contributed by atoms with E-state index in [1.54, 1.807) is 4.57 Å². The van der Waals surface area contributed by atoms with E-state index in [9.17, 15) is 9.59 Å². The van der Waals surface area contributed by atoms with E-state index < -0.39 is 0 Å². The summed E-state index contributed by atoms with van der Waals surface area (Å²) in [4.78, 5) is 22.9. The highest BCUT2D eigenvalue weighted by Crippen LogP contribution is 2.30. The fourth-order valence-corrected chi connectivity index (χ4v) is 3.04. The van der Waals surface area contributed by atoms with Crippen LogP contribution in [0.3, 0.4) is 0 Å². The quantitative estimate of drug-likeness (QED) is 0.860. The Bertz CT molecular complexity index is 438. The standard InChI is InChI=1S/C10H15N3O2S/c1-2-6-13-9(15)11-12-10(13)16-8-5-3-4-7(8)14/h8H,2-6H2,1H3,(H,11,15)/t8-/m0/s1. The van der Waals surface area contributed by atoms with Gasteiger partial charge in [0.2, 0.25) is 0 Å². The summed E-state index contributed by atoms with van der Waals surface area (Å²) in [5.41, 5.74) is -0.185. The Hall–Kier alpha value is -1.04. The Balaban J connectivity index is 2.14. The highest BCUT2D eigenvalue weighted by molar-refractivity contribution is 8.00. The van der Waals surface area contributed by atoms with Gasteiger partial charge in [0.15, 0.2) is 5.16 Å². The Morgan fingerprint density at radius 3 is 3.00 bits per heavy atom. The van der Waals surface area contributed by atoms with Gasteiger partial charge in [0.1, 0.15) is 5.78 Å². The predicted octanol–water partition coefficient (Wildman–Crippen LogP) is 1.20. The van der Waals surface area contributed by atoms with Gasteiger partial charge in [0, 0.05) is 13.0 Å². The maximum atomic E-state index is 11.5. The number of H-pyrrole nitrogens is 1. The molecule has 16 heavy (non-hydrogen) atoms. The molecule has 1 fully saturated rings. The van der Waals surface area contributed by atoms with Crippen LogP contribution >= 0.6 is 11.8 Å². The molecule has 2 rings (SSSR count). The minimum Gasteiger partial charge on any atom is -0.298 e. The van der Waals surface area contributed by atoms with Crippen LogP contribution in [0.4, 0.5) is 0 Å². The predicted molar refractivity (Wildman–Crippen MR) is 61.6 cm³/mol. The van der Waals surface area contributed by atoms with Crippen molar-refractivity contribution in [2.24, 2.45) is 0 Å². The Morgan fingerprint density at radius 1 is 1.56 bits per heavy atom. The van der Waals surface area contributed by atoms with Gasteiger partial charge >= 0.3 is 5.69 Å². The molecule has 0 aromatic carbocycles. The average molecular weight is 241 g/mol. The van der Waals surface area contributed by atoms with E-state index in [4.69, 9.17) is 0 Å². The van der Waals surface area contributed by atoms with Crippen molar-refractivity contribution in [2.75, 3.05) is 0 Å². The molecule has 0 saturated heterocycles. The molecule has 0 spiro atoms. The van der Waals surface area contributed by atoms with E-state index in [0.29, 0.717) is 18.1 Å². The van der Waals surface area contributed by atoms with E-state index in [2.05, 4.69) is 10.2 Å². The van der Waals surface area contributed by atoms with Crippen molar-refractivity contribution >= 4 is 17.5 Å². The Labute approximate surface area is 97.6 Å². The molecule has 0 aliphatic heterocycles. The average Bonchev–Trinajstić information content (AvgIpc) is 2.80. The molecule has 1 aromatic heterocycles. The molecule has 88 valence electrons. The fourth-order valence-electron chi connectivity index (χ4n) is 1.85. The van der Waals surface area contributed by atoms with Crippen molar-refractivity contribution in [1.29, 1.82) is 0 Å². The molecule has 5 nitrogen and oxygen atoms in total. The summed E-state index contributed by atoms with van der Waals surface area (Å²) >= 11 is 1.42.